The molecule has 0 spiro atoms. The average molecular weight is 420 g/mol. The lowest BCUT2D eigenvalue weighted by molar-refractivity contribution is -0.255. The molecule has 160 valence electrons. The van der Waals surface area contributed by atoms with E-state index >= 15 is 0 Å². The van der Waals surface area contributed by atoms with Gasteiger partial charge in [-0.1, -0.05) is 36.4 Å². The Labute approximate surface area is 179 Å². The number of hydrogen-bond acceptors (Lipinski definition) is 7. The number of carbonyl (C=O) groups is 2. The van der Waals surface area contributed by atoms with Crippen molar-refractivity contribution in [3.63, 3.8) is 0 Å². The lowest BCUT2D eigenvalue weighted by atomic mass is 10.1. The van der Waals surface area contributed by atoms with Gasteiger partial charge in [0.2, 0.25) is 0 Å². The van der Waals surface area contributed by atoms with E-state index < -0.39 is 12.0 Å². The summed E-state index contributed by atoms with van der Waals surface area (Å²) in [5.41, 5.74) is 3.22. The lowest BCUT2D eigenvalue weighted by Crippen LogP contribution is -2.35. The molecule has 1 atom stereocenters. The van der Waals surface area contributed by atoms with E-state index in [2.05, 4.69) is 15.8 Å². The highest BCUT2D eigenvalue weighted by Crippen LogP contribution is 2.32. The summed E-state index contributed by atoms with van der Waals surface area (Å²) in [5, 5.41) is 20.7. The summed E-state index contributed by atoms with van der Waals surface area (Å²) >= 11 is 0. The number of hydrogen-bond donors (Lipinski definition) is 2. The molecular formula is C23H22N3O5-. The molecule has 3 aromatic carbocycles. The van der Waals surface area contributed by atoms with E-state index in [0.29, 0.717) is 0 Å². The maximum atomic E-state index is 12.5. The molecule has 0 saturated heterocycles. The van der Waals surface area contributed by atoms with Crippen LogP contribution in [0.4, 0.5) is 5.69 Å². The van der Waals surface area contributed by atoms with Crippen LogP contribution in [0, 0.1) is 0 Å². The molecule has 0 saturated carbocycles. The monoisotopic (exact) mass is 420 g/mol. The molecule has 3 aromatic rings. The Kier molecular flexibility index (Phi) is 6.71. The van der Waals surface area contributed by atoms with Crippen molar-refractivity contribution in [2.45, 2.75) is 13.0 Å². The number of carboxylic acid groups (broad SMARTS) is 1. The topological polar surface area (TPSA) is 112 Å². The molecular weight excluding hydrogens is 398 g/mol. The third kappa shape index (κ3) is 4.75. The van der Waals surface area contributed by atoms with Crippen LogP contribution in [-0.4, -0.2) is 38.4 Å². The van der Waals surface area contributed by atoms with Crippen molar-refractivity contribution >= 4 is 34.6 Å². The van der Waals surface area contributed by atoms with Gasteiger partial charge in [-0.05, 0) is 30.5 Å². The third-order valence-electron chi connectivity index (χ3n) is 4.72. The van der Waals surface area contributed by atoms with Crippen molar-refractivity contribution in [3.8, 4) is 11.5 Å². The number of hydrazone groups is 1. The zero-order valence-corrected chi connectivity index (χ0v) is 17.3. The van der Waals surface area contributed by atoms with Crippen LogP contribution in [-0.2, 0) is 4.79 Å². The molecule has 0 aliphatic heterocycles. The Hall–Kier alpha value is -4.07. The SMILES string of the molecule is COc1ccc(C=NNC(=O)C(C)Nc2cccc3ccccc23)c(C(=O)[O-])c1OC. The number of rotatable bonds is 8. The Morgan fingerprint density at radius 2 is 1.77 bits per heavy atom. The molecule has 1 amide bonds. The number of carboxylic acids is 1. The minimum absolute atomic E-state index is 0.0174. The first kappa shape index (κ1) is 21.6. The second kappa shape index (κ2) is 9.62. The zero-order valence-electron chi connectivity index (χ0n) is 17.3. The number of carbonyl (C=O) groups excluding carboxylic acids is 2. The number of ether oxygens (including phenoxy) is 2. The second-order valence-corrected chi connectivity index (χ2v) is 6.68. The van der Waals surface area contributed by atoms with Crippen LogP contribution >= 0.6 is 0 Å². The Morgan fingerprint density at radius 1 is 1.03 bits per heavy atom. The van der Waals surface area contributed by atoms with E-state index in [1.165, 1.54) is 26.5 Å². The van der Waals surface area contributed by atoms with Gasteiger partial charge >= 0.3 is 0 Å². The third-order valence-corrected chi connectivity index (χ3v) is 4.72. The number of benzene rings is 3. The van der Waals surface area contributed by atoms with Gasteiger partial charge in [-0.3, -0.25) is 4.79 Å². The van der Waals surface area contributed by atoms with Crippen molar-refractivity contribution in [1.29, 1.82) is 0 Å². The summed E-state index contributed by atoms with van der Waals surface area (Å²) < 4.78 is 10.2. The van der Waals surface area contributed by atoms with Crippen molar-refractivity contribution < 1.29 is 24.2 Å². The van der Waals surface area contributed by atoms with E-state index in [1.54, 1.807) is 13.0 Å². The average Bonchev–Trinajstić information content (AvgIpc) is 2.78. The fraction of sp³-hybridized carbons (Fsp3) is 0.174. The smallest absolute Gasteiger partial charge is 0.262 e. The van der Waals surface area contributed by atoms with Gasteiger partial charge in [0.05, 0.1) is 32.0 Å². The van der Waals surface area contributed by atoms with Gasteiger partial charge < -0.3 is 24.7 Å². The number of amides is 1. The van der Waals surface area contributed by atoms with E-state index in [0.717, 1.165) is 16.5 Å². The number of aromatic carboxylic acids is 1. The first-order valence-electron chi connectivity index (χ1n) is 9.49. The summed E-state index contributed by atoms with van der Waals surface area (Å²) in [6, 6.07) is 16.1. The zero-order chi connectivity index (χ0) is 22.4. The number of nitrogens with zero attached hydrogens (tertiary/aromatic N) is 1. The van der Waals surface area contributed by atoms with Gasteiger partial charge in [0.1, 0.15) is 6.04 Å². The highest BCUT2D eigenvalue weighted by atomic mass is 16.5. The molecule has 0 aliphatic carbocycles. The van der Waals surface area contributed by atoms with Gasteiger partial charge in [0, 0.05) is 16.6 Å². The maximum absolute atomic E-state index is 12.5. The van der Waals surface area contributed by atoms with Crippen molar-refractivity contribution in [3.05, 3.63) is 65.7 Å². The number of anilines is 1. The predicted octanol–water partition coefficient (Wildman–Crippen LogP) is 2.17. The van der Waals surface area contributed by atoms with Gasteiger partial charge in [-0.25, -0.2) is 5.43 Å². The maximum Gasteiger partial charge on any atom is 0.262 e. The minimum atomic E-state index is -1.45. The molecule has 1 unspecified atom stereocenters. The highest BCUT2D eigenvalue weighted by Gasteiger charge is 2.16. The van der Waals surface area contributed by atoms with Crippen molar-refractivity contribution in [2.75, 3.05) is 19.5 Å². The van der Waals surface area contributed by atoms with Gasteiger partial charge in [-0.2, -0.15) is 5.10 Å². The van der Waals surface area contributed by atoms with Crippen LogP contribution in [0.25, 0.3) is 10.8 Å². The highest BCUT2D eigenvalue weighted by molar-refractivity contribution is 6.01. The molecule has 0 radical (unpaired) electrons. The van der Waals surface area contributed by atoms with E-state index in [9.17, 15) is 14.7 Å². The Morgan fingerprint density at radius 3 is 2.48 bits per heavy atom. The molecule has 8 heteroatoms. The fourth-order valence-corrected chi connectivity index (χ4v) is 3.17. The summed E-state index contributed by atoms with van der Waals surface area (Å²) in [5.74, 6) is -1.58. The summed E-state index contributed by atoms with van der Waals surface area (Å²) in [6.45, 7) is 1.70. The largest absolute Gasteiger partial charge is 0.545 e. The van der Waals surface area contributed by atoms with Gasteiger partial charge in [0.15, 0.2) is 11.5 Å². The molecule has 3 rings (SSSR count). The predicted molar refractivity (Wildman–Crippen MR) is 117 cm³/mol. The summed E-state index contributed by atoms with van der Waals surface area (Å²) in [6.07, 6.45) is 1.22. The van der Waals surface area contributed by atoms with Gasteiger partial charge in [-0.15, -0.1) is 0 Å². The molecule has 8 nitrogen and oxygen atoms in total. The fourth-order valence-electron chi connectivity index (χ4n) is 3.17. The van der Waals surface area contributed by atoms with Crippen LogP contribution < -0.4 is 25.3 Å². The second-order valence-electron chi connectivity index (χ2n) is 6.68. The molecule has 0 heterocycles. The first-order valence-corrected chi connectivity index (χ1v) is 9.49. The number of fused-ring (bicyclic) bond motifs is 1. The van der Waals surface area contributed by atoms with Crippen LogP contribution in [0.2, 0.25) is 0 Å². The van der Waals surface area contributed by atoms with Crippen LogP contribution in [0.5, 0.6) is 11.5 Å². The molecule has 0 aromatic heterocycles. The standard InChI is InChI=1S/C23H23N3O5/c1-14(25-18-10-6-8-15-7-4-5-9-17(15)18)22(27)26-24-13-16-11-12-19(30-2)21(31-3)20(16)23(28)29/h4-14,25H,1-3H3,(H,26,27)(H,28,29)/p-1. The quantitative estimate of drug-likeness (QED) is 0.427. The van der Waals surface area contributed by atoms with Crippen molar-refractivity contribution in [2.24, 2.45) is 5.10 Å². The Balaban J connectivity index is 1.74. The Bertz CT molecular complexity index is 1140. The van der Waals surface area contributed by atoms with Crippen LogP contribution in [0.3, 0.4) is 0 Å². The molecule has 2 N–H and O–H groups in total. The van der Waals surface area contributed by atoms with E-state index in [1.807, 2.05) is 42.5 Å². The summed E-state index contributed by atoms with van der Waals surface area (Å²) in [4.78, 5) is 24.0. The van der Waals surface area contributed by atoms with E-state index in [4.69, 9.17) is 9.47 Å². The van der Waals surface area contributed by atoms with Crippen LogP contribution in [0.15, 0.2) is 59.7 Å². The van der Waals surface area contributed by atoms with Crippen LogP contribution in [0.1, 0.15) is 22.8 Å². The molecule has 31 heavy (non-hydrogen) atoms. The minimum Gasteiger partial charge on any atom is -0.545 e. The first-order chi connectivity index (χ1) is 15.0. The van der Waals surface area contributed by atoms with E-state index in [-0.39, 0.29) is 28.5 Å². The summed E-state index contributed by atoms with van der Waals surface area (Å²) in [7, 11) is 2.73. The number of nitrogens with one attached hydrogen (secondary N) is 2. The molecule has 0 bridgehead atoms. The van der Waals surface area contributed by atoms with Gasteiger partial charge in [0.25, 0.3) is 5.91 Å². The molecule has 0 fully saturated rings. The van der Waals surface area contributed by atoms with Crippen molar-refractivity contribution in [1.82, 2.24) is 5.43 Å². The lowest BCUT2D eigenvalue weighted by Gasteiger charge is -2.16. The normalized spacial score (nSPS) is 11.8. The molecule has 0 aliphatic rings. The number of methoxy groups -OCH3 is 2.